The minimum atomic E-state index is -1.04. The molecule has 0 bridgehead atoms. The number of benzene rings is 1. The summed E-state index contributed by atoms with van der Waals surface area (Å²) in [5.41, 5.74) is 1.43. The van der Waals surface area contributed by atoms with E-state index in [0.717, 1.165) is 6.08 Å². The van der Waals surface area contributed by atoms with Crippen molar-refractivity contribution in [2.75, 3.05) is 5.32 Å². The highest BCUT2D eigenvalue weighted by atomic mass is 32.1. The maximum atomic E-state index is 12.0. The topological polar surface area (TPSA) is 90.2 Å². The molecule has 2 rings (SSSR count). The smallest absolute Gasteiger partial charge is 0.328 e. The molecule has 0 aliphatic rings. The lowest BCUT2D eigenvalue weighted by atomic mass is 10.2. The molecule has 104 valence electrons. The van der Waals surface area contributed by atoms with Crippen LogP contribution in [0.3, 0.4) is 0 Å². The van der Waals surface area contributed by atoms with E-state index in [1.807, 2.05) is 6.07 Å². The van der Waals surface area contributed by atoms with Crippen LogP contribution >= 0.6 is 11.3 Å². The Balaban J connectivity index is 2.10. The Labute approximate surface area is 124 Å². The van der Waals surface area contributed by atoms with Crippen LogP contribution < -0.4 is 5.32 Å². The Bertz CT molecular complexity index is 756. The van der Waals surface area contributed by atoms with Gasteiger partial charge in [0.05, 0.1) is 17.2 Å². The van der Waals surface area contributed by atoms with Crippen molar-refractivity contribution >= 4 is 35.0 Å². The van der Waals surface area contributed by atoms with E-state index >= 15 is 0 Å². The summed E-state index contributed by atoms with van der Waals surface area (Å²) < 4.78 is 0. The van der Waals surface area contributed by atoms with E-state index in [9.17, 15) is 9.59 Å². The average Bonchev–Trinajstić information content (AvgIpc) is 2.94. The zero-order chi connectivity index (χ0) is 15.2. The van der Waals surface area contributed by atoms with Crippen LogP contribution in [-0.2, 0) is 4.79 Å². The highest BCUT2D eigenvalue weighted by molar-refractivity contribution is 7.11. The number of nitrogens with zero attached hydrogens (tertiary/aromatic N) is 1. The van der Waals surface area contributed by atoms with E-state index in [2.05, 4.69) is 5.32 Å². The number of amides is 1. The maximum Gasteiger partial charge on any atom is 0.328 e. The predicted molar refractivity (Wildman–Crippen MR) is 80.1 cm³/mol. The molecular formula is C15H10N2O3S. The molecule has 2 N–H and O–H groups in total. The van der Waals surface area contributed by atoms with Crippen LogP contribution in [0.15, 0.2) is 41.8 Å². The molecule has 0 aliphatic carbocycles. The van der Waals surface area contributed by atoms with Gasteiger partial charge < -0.3 is 10.4 Å². The van der Waals surface area contributed by atoms with Gasteiger partial charge in [-0.3, -0.25) is 4.79 Å². The fraction of sp³-hybridized carbons (Fsp3) is 0. The van der Waals surface area contributed by atoms with Crippen LogP contribution in [0.1, 0.15) is 20.8 Å². The van der Waals surface area contributed by atoms with Crippen molar-refractivity contribution in [2.45, 2.75) is 0 Å². The molecule has 0 spiro atoms. The molecule has 1 aromatic heterocycles. The van der Waals surface area contributed by atoms with Gasteiger partial charge in [0, 0.05) is 22.0 Å². The van der Waals surface area contributed by atoms with Gasteiger partial charge >= 0.3 is 5.97 Å². The van der Waals surface area contributed by atoms with E-state index in [0.29, 0.717) is 21.7 Å². The molecule has 0 aliphatic heterocycles. The summed E-state index contributed by atoms with van der Waals surface area (Å²) >= 11 is 1.27. The van der Waals surface area contributed by atoms with Gasteiger partial charge in [-0.15, -0.1) is 11.3 Å². The number of thiophene rings is 1. The van der Waals surface area contributed by atoms with Crippen LogP contribution in [0.25, 0.3) is 6.08 Å². The summed E-state index contributed by atoms with van der Waals surface area (Å²) in [6.45, 7) is 0. The Kier molecular flexibility index (Phi) is 4.49. The molecule has 6 heteroatoms. The summed E-state index contributed by atoms with van der Waals surface area (Å²) in [7, 11) is 0. The van der Waals surface area contributed by atoms with Crippen molar-refractivity contribution in [1.29, 1.82) is 5.26 Å². The van der Waals surface area contributed by atoms with Crippen LogP contribution in [0.2, 0.25) is 0 Å². The summed E-state index contributed by atoms with van der Waals surface area (Å²) in [6.07, 6.45) is 2.45. The number of nitriles is 1. The van der Waals surface area contributed by atoms with Crippen molar-refractivity contribution in [3.05, 3.63) is 57.8 Å². The van der Waals surface area contributed by atoms with E-state index in [4.69, 9.17) is 10.4 Å². The second-order valence-corrected chi connectivity index (χ2v) is 5.00. The predicted octanol–water partition coefficient (Wildman–Crippen LogP) is 2.97. The molecule has 1 amide bonds. The van der Waals surface area contributed by atoms with E-state index < -0.39 is 5.97 Å². The van der Waals surface area contributed by atoms with Crippen molar-refractivity contribution in [3.8, 4) is 6.07 Å². The average molecular weight is 298 g/mol. The third-order valence-electron chi connectivity index (χ3n) is 2.52. The van der Waals surface area contributed by atoms with Gasteiger partial charge in [0.2, 0.25) is 0 Å². The van der Waals surface area contributed by atoms with Gasteiger partial charge in [-0.1, -0.05) is 6.07 Å². The maximum absolute atomic E-state index is 12.0. The first kappa shape index (κ1) is 14.5. The molecule has 0 saturated carbocycles. The Morgan fingerprint density at radius 2 is 2.14 bits per heavy atom. The van der Waals surface area contributed by atoms with Gasteiger partial charge in [-0.05, 0) is 30.3 Å². The monoisotopic (exact) mass is 298 g/mol. The summed E-state index contributed by atoms with van der Waals surface area (Å²) in [6, 6.07) is 10.2. The van der Waals surface area contributed by atoms with Crippen LogP contribution in [0.4, 0.5) is 5.69 Å². The number of carboxylic acids is 1. The summed E-state index contributed by atoms with van der Waals surface area (Å²) in [5, 5.41) is 21.7. The molecule has 1 heterocycles. The van der Waals surface area contributed by atoms with E-state index in [1.165, 1.54) is 17.4 Å². The van der Waals surface area contributed by atoms with Gasteiger partial charge in [-0.25, -0.2) is 4.79 Å². The van der Waals surface area contributed by atoms with Crippen LogP contribution in [0.5, 0.6) is 0 Å². The molecule has 0 fully saturated rings. The molecule has 21 heavy (non-hydrogen) atoms. The lowest BCUT2D eigenvalue weighted by Crippen LogP contribution is -2.10. The minimum absolute atomic E-state index is 0.309. The first-order valence-corrected chi connectivity index (χ1v) is 6.77. The molecule has 0 saturated heterocycles. The zero-order valence-corrected chi connectivity index (χ0v) is 11.6. The molecular weight excluding hydrogens is 288 g/mol. The summed E-state index contributed by atoms with van der Waals surface area (Å²) in [5.74, 6) is -1.35. The number of nitrogens with one attached hydrogen (secondary N) is 1. The second-order valence-electron chi connectivity index (χ2n) is 4.06. The number of hydrogen-bond donors (Lipinski definition) is 2. The van der Waals surface area contributed by atoms with Gasteiger partial charge in [-0.2, -0.15) is 5.26 Å². The SMILES string of the molecule is N#Cc1cccc(NC(=O)c2csc(C=CC(=O)O)c2)c1. The van der Waals surface area contributed by atoms with Crippen molar-refractivity contribution < 1.29 is 14.7 Å². The number of carbonyl (C=O) groups is 2. The lowest BCUT2D eigenvalue weighted by molar-refractivity contribution is -0.131. The highest BCUT2D eigenvalue weighted by Crippen LogP contribution is 2.18. The number of aliphatic carboxylic acids is 1. The number of anilines is 1. The fourth-order valence-corrected chi connectivity index (χ4v) is 2.36. The Morgan fingerprint density at radius 1 is 1.33 bits per heavy atom. The lowest BCUT2D eigenvalue weighted by Gasteiger charge is -2.03. The number of rotatable bonds is 4. The molecule has 2 aromatic rings. The Morgan fingerprint density at radius 3 is 2.86 bits per heavy atom. The molecule has 0 radical (unpaired) electrons. The Hall–Kier alpha value is -2.91. The van der Waals surface area contributed by atoms with Gasteiger partial charge in [0.25, 0.3) is 5.91 Å². The van der Waals surface area contributed by atoms with Crippen LogP contribution in [0, 0.1) is 11.3 Å². The third kappa shape index (κ3) is 4.03. The van der Waals surface area contributed by atoms with Crippen LogP contribution in [-0.4, -0.2) is 17.0 Å². The zero-order valence-electron chi connectivity index (χ0n) is 10.7. The number of hydrogen-bond acceptors (Lipinski definition) is 4. The first-order valence-electron chi connectivity index (χ1n) is 5.89. The van der Waals surface area contributed by atoms with E-state index in [-0.39, 0.29) is 5.91 Å². The van der Waals surface area contributed by atoms with Crippen molar-refractivity contribution in [1.82, 2.24) is 0 Å². The molecule has 0 atom stereocenters. The van der Waals surface area contributed by atoms with Crippen molar-refractivity contribution in [3.63, 3.8) is 0 Å². The van der Waals surface area contributed by atoms with Gasteiger partial charge in [0.15, 0.2) is 0 Å². The highest BCUT2D eigenvalue weighted by Gasteiger charge is 2.08. The number of carboxylic acid groups (broad SMARTS) is 1. The second kappa shape index (κ2) is 6.50. The first-order chi connectivity index (χ1) is 10.1. The minimum Gasteiger partial charge on any atom is -0.478 e. The largest absolute Gasteiger partial charge is 0.478 e. The molecule has 1 aromatic carbocycles. The standard InChI is InChI=1S/C15H10N2O3S/c16-8-10-2-1-3-12(6-10)17-15(20)11-7-13(21-9-11)4-5-14(18)19/h1-7,9H,(H,17,20)(H,18,19). The number of carbonyl (C=O) groups excluding carboxylic acids is 1. The molecule has 0 unspecified atom stereocenters. The van der Waals surface area contributed by atoms with E-state index in [1.54, 1.807) is 35.7 Å². The normalized spacial score (nSPS) is 10.2. The third-order valence-corrected chi connectivity index (χ3v) is 3.42. The van der Waals surface area contributed by atoms with Gasteiger partial charge in [0.1, 0.15) is 0 Å². The quantitative estimate of drug-likeness (QED) is 0.849. The fourth-order valence-electron chi connectivity index (χ4n) is 1.58. The summed E-state index contributed by atoms with van der Waals surface area (Å²) in [4.78, 5) is 23.1. The van der Waals surface area contributed by atoms with Crippen molar-refractivity contribution in [2.24, 2.45) is 0 Å². The molecule has 5 nitrogen and oxygen atoms in total.